The van der Waals surface area contributed by atoms with Gasteiger partial charge in [0.1, 0.15) is 5.92 Å². The second kappa shape index (κ2) is 7.59. The maximum absolute atomic E-state index is 13.6. The molecule has 1 N–H and O–H groups in total. The maximum atomic E-state index is 13.6. The van der Waals surface area contributed by atoms with Crippen LogP contribution in [0, 0.1) is 5.92 Å². The van der Waals surface area contributed by atoms with Crippen molar-refractivity contribution < 1.29 is 22.8 Å². The molecule has 1 atom stereocenters. The van der Waals surface area contributed by atoms with E-state index in [1.165, 1.54) is 31.5 Å². The molecule has 0 saturated carbocycles. The Bertz CT molecular complexity index is 943. The van der Waals surface area contributed by atoms with Crippen LogP contribution < -0.4 is 10.4 Å². The molecule has 28 heavy (non-hydrogen) atoms. The van der Waals surface area contributed by atoms with Gasteiger partial charge in [0, 0.05) is 12.4 Å². The van der Waals surface area contributed by atoms with Crippen LogP contribution in [0.15, 0.2) is 65.1 Å². The number of anilines is 1. The molecule has 1 aromatic heterocycles. The van der Waals surface area contributed by atoms with E-state index in [2.05, 4.69) is 15.2 Å². The number of alkyl halides is 3. The molecule has 0 radical (unpaired) electrons. The molecule has 1 aliphatic heterocycles. The van der Waals surface area contributed by atoms with Crippen LogP contribution in [-0.4, -0.2) is 34.4 Å². The molecule has 0 saturated heterocycles. The smallest absolute Gasteiger partial charge is 0.271 e. The number of aromatic nitrogens is 1. The minimum Gasteiger partial charge on any atom is -0.271 e. The van der Waals surface area contributed by atoms with Gasteiger partial charge in [0.15, 0.2) is 5.71 Å². The molecule has 3 rings (SSSR count). The predicted molar refractivity (Wildman–Crippen MR) is 95.7 cm³/mol. The predicted octanol–water partition coefficient (Wildman–Crippen LogP) is 2.77. The third-order valence-corrected chi connectivity index (χ3v) is 3.90. The highest BCUT2D eigenvalue weighted by molar-refractivity contribution is 6.29. The fraction of sp³-hybridized carbons (Fsp3) is 0.167. The van der Waals surface area contributed by atoms with Gasteiger partial charge in [-0.1, -0.05) is 18.2 Å². The van der Waals surface area contributed by atoms with E-state index in [9.17, 15) is 22.8 Å². The molecule has 144 valence electrons. The minimum absolute atomic E-state index is 0.0295. The molecular weight excluding hydrogens is 375 g/mol. The largest absolute Gasteiger partial charge is 0.432 e. The van der Waals surface area contributed by atoms with E-state index in [0.29, 0.717) is 5.69 Å². The van der Waals surface area contributed by atoms with E-state index in [1.807, 2.05) is 5.43 Å². The SMILES string of the molecule is CC1=NN(c2ccccc2)C(=O)C1/C(=N/NC(=O)c1cccnc1)C(F)(F)F. The van der Waals surface area contributed by atoms with E-state index >= 15 is 0 Å². The molecule has 0 aliphatic carbocycles. The highest BCUT2D eigenvalue weighted by Gasteiger charge is 2.49. The molecule has 1 aliphatic rings. The average molecular weight is 389 g/mol. The Labute approximate surface area is 157 Å². The number of halogens is 3. The summed E-state index contributed by atoms with van der Waals surface area (Å²) in [6.45, 7) is 1.30. The monoisotopic (exact) mass is 389 g/mol. The number of nitrogens with one attached hydrogen (secondary N) is 1. The molecule has 1 aromatic carbocycles. The van der Waals surface area contributed by atoms with Crippen molar-refractivity contribution in [2.24, 2.45) is 16.1 Å². The van der Waals surface area contributed by atoms with Crippen molar-refractivity contribution in [3.63, 3.8) is 0 Å². The molecular formula is C18H14F3N5O2. The van der Waals surface area contributed by atoms with Gasteiger partial charge in [0.05, 0.1) is 17.0 Å². The number of hydrazone groups is 2. The van der Waals surface area contributed by atoms with Crippen LogP contribution >= 0.6 is 0 Å². The van der Waals surface area contributed by atoms with Crippen molar-refractivity contribution in [3.8, 4) is 0 Å². The average Bonchev–Trinajstić information content (AvgIpc) is 2.97. The zero-order chi connectivity index (χ0) is 20.3. The summed E-state index contributed by atoms with van der Waals surface area (Å²) in [5.74, 6) is -3.54. The topological polar surface area (TPSA) is 87.0 Å². The van der Waals surface area contributed by atoms with E-state index in [0.717, 1.165) is 5.01 Å². The summed E-state index contributed by atoms with van der Waals surface area (Å²) in [4.78, 5) is 28.3. The van der Waals surface area contributed by atoms with Crippen LogP contribution in [0.5, 0.6) is 0 Å². The summed E-state index contributed by atoms with van der Waals surface area (Å²) < 4.78 is 40.7. The van der Waals surface area contributed by atoms with Gasteiger partial charge in [-0.2, -0.15) is 28.4 Å². The molecule has 10 heteroatoms. The first kappa shape index (κ1) is 19.2. The number of amides is 2. The Hall–Kier alpha value is -3.56. The highest BCUT2D eigenvalue weighted by Crippen LogP contribution is 2.30. The van der Waals surface area contributed by atoms with Crippen LogP contribution in [0.1, 0.15) is 17.3 Å². The van der Waals surface area contributed by atoms with Crippen molar-refractivity contribution in [2.45, 2.75) is 13.1 Å². The van der Waals surface area contributed by atoms with Crippen LogP contribution in [0.25, 0.3) is 0 Å². The number of para-hydroxylation sites is 1. The lowest BCUT2D eigenvalue weighted by Crippen LogP contribution is -2.41. The first-order valence-electron chi connectivity index (χ1n) is 8.08. The quantitative estimate of drug-likeness (QED) is 0.644. The van der Waals surface area contributed by atoms with Crippen LogP contribution in [-0.2, 0) is 4.79 Å². The van der Waals surface area contributed by atoms with E-state index in [-0.39, 0.29) is 11.3 Å². The Morgan fingerprint density at radius 3 is 2.50 bits per heavy atom. The number of hydrogen-bond acceptors (Lipinski definition) is 5. The van der Waals surface area contributed by atoms with Crippen LogP contribution in [0.3, 0.4) is 0 Å². The first-order chi connectivity index (χ1) is 13.3. The summed E-state index contributed by atoms with van der Waals surface area (Å²) in [5, 5.41) is 8.05. The number of nitrogens with zero attached hydrogens (tertiary/aromatic N) is 4. The van der Waals surface area contributed by atoms with E-state index in [4.69, 9.17) is 0 Å². The summed E-state index contributed by atoms with van der Waals surface area (Å²) in [6, 6.07) is 10.9. The molecule has 2 heterocycles. The summed E-state index contributed by atoms with van der Waals surface area (Å²) in [5.41, 5.74) is 0.667. The Kier molecular flexibility index (Phi) is 5.21. The molecule has 1 unspecified atom stereocenters. The number of benzene rings is 1. The summed E-state index contributed by atoms with van der Waals surface area (Å²) in [7, 11) is 0. The number of pyridine rings is 1. The van der Waals surface area contributed by atoms with Gasteiger partial charge in [-0.15, -0.1) is 0 Å². The lowest BCUT2D eigenvalue weighted by Gasteiger charge is -2.17. The molecule has 2 amide bonds. The van der Waals surface area contributed by atoms with E-state index in [1.54, 1.807) is 30.3 Å². The lowest BCUT2D eigenvalue weighted by molar-refractivity contribution is -0.119. The zero-order valence-electron chi connectivity index (χ0n) is 14.5. The molecule has 0 fully saturated rings. The molecule has 7 nitrogen and oxygen atoms in total. The van der Waals surface area contributed by atoms with Crippen molar-refractivity contribution in [2.75, 3.05) is 5.01 Å². The van der Waals surface area contributed by atoms with Crippen molar-refractivity contribution >= 4 is 28.9 Å². The van der Waals surface area contributed by atoms with Crippen LogP contribution in [0.2, 0.25) is 0 Å². The van der Waals surface area contributed by atoms with Crippen molar-refractivity contribution in [3.05, 3.63) is 60.4 Å². The summed E-state index contributed by atoms with van der Waals surface area (Å²) >= 11 is 0. The number of rotatable bonds is 4. The summed E-state index contributed by atoms with van der Waals surface area (Å²) in [6.07, 6.45) is -2.36. The zero-order valence-corrected chi connectivity index (χ0v) is 14.5. The van der Waals surface area contributed by atoms with E-state index < -0.39 is 29.6 Å². The van der Waals surface area contributed by atoms with Gasteiger partial charge >= 0.3 is 6.18 Å². The second-order valence-corrected chi connectivity index (χ2v) is 5.84. The Balaban J connectivity index is 1.89. The minimum atomic E-state index is -4.95. The molecule has 0 bridgehead atoms. The van der Waals surface area contributed by atoms with Gasteiger partial charge in [0.25, 0.3) is 11.8 Å². The molecule has 0 spiro atoms. The third kappa shape index (κ3) is 3.90. The maximum Gasteiger partial charge on any atom is 0.432 e. The standard InChI is InChI=1S/C18H14F3N5O2/c1-11-14(17(28)26(25-11)13-7-3-2-4-8-13)15(18(19,20)21)23-24-16(27)12-6-5-9-22-10-12/h2-10,14H,1H3,(H,24,27)/b23-15-. The van der Waals surface area contributed by atoms with Crippen LogP contribution in [0.4, 0.5) is 18.9 Å². The van der Waals surface area contributed by atoms with Gasteiger partial charge in [-0.05, 0) is 31.2 Å². The first-order valence-corrected chi connectivity index (χ1v) is 8.08. The normalized spacial score (nSPS) is 17.5. The number of carbonyl (C=O) groups is 2. The van der Waals surface area contributed by atoms with Gasteiger partial charge in [0.2, 0.25) is 0 Å². The fourth-order valence-corrected chi connectivity index (χ4v) is 2.60. The lowest BCUT2D eigenvalue weighted by atomic mass is 9.97. The van der Waals surface area contributed by atoms with Gasteiger partial charge in [-0.25, -0.2) is 5.43 Å². The third-order valence-electron chi connectivity index (χ3n) is 3.90. The Morgan fingerprint density at radius 2 is 1.89 bits per heavy atom. The van der Waals surface area contributed by atoms with Crippen molar-refractivity contribution in [1.29, 1.82) is 0 Å². The Morgan fingerprint density at radius 1 is 1.18 bits per heavy atom. The highest BCUT2D eigenvalue weighted by atomic mass is 19.4. The number of hydrogen-bond donors (Lipinski definition) is 1. The van der Waals surface area contributed by atoms with Gasteiger partial charge in [-0.3, -0.25) is 14.6 Å². The second-order valence-electron chi connectivity index (χ2n) is 5.84. The molecule has 2 aromatic rings. The fourth-order valence-electron chi connectivity index (χ4n) is 2.60. The van der Waals surface area contributed by atoms with Gasteiger partial charge < -0.3 is 0 Å². The number of carbonyl (C=O) groups excluding carboxylic acids is 2. The van der Waals surface area contributed by atoms with Crippen molar-refractivity contribution in [1.82, 2.24) is 10.4 Å².